The molecule has 0 radical (unpaired) electrons. The molecule has 3 N–H and O–H groups in total. The SMILES string of the molecule is CCC(CNS(=O)(=O)NC(C)C)CC(=O)O. The molecule has 1 atom stereocenters. The Labute approximate surface area is 96.6 Å². The molecular formula is C9H20N2O4S. The lowest BCUT2D eigenvalue weighted by molar-refractivity contribution is -0.138. The van der Waals surface area contributed by atoms with E-state index in [1.54, 1.807) is 13.8 Å². The van der Waals surface area contributed by atoms with Gasteiger partial charge < -0.3 is 5.11 Å². The Morgan fingerprint density at radius 1 is 1.38 bits per heavy atom. The van der Waals surface area contributed by atoms with Gasteiger partial charge in [-0.1, -0.05) is 13.3 Å². The lowest BCUT2D eigenvalue weighted by Crippen LogP contribution is -2.42. The van der Waals surface area contributed by atoms with Crippen LogP contribution in [-0.4, -0.2) is 32.1 Å². The van der Waals surface area contributed by atoms with Crippen LogP contribution in [0.1, 0.15) is 33.6 Å². The maximum Gasteiger partial charge on any atom is 0.303 e. The van der Waals surface area contributed by atoms with Crippen molar-refractivity contribution in [1.82, 2.24) is 9.44 Å². The molecule has 0 aromatic carbocycles. The number of nitrogens with one attached hydrogen (secondary N) is 2. The zero-order chi connectivity index (χ0) is 12.8. The second-order valence-corrected chi connectivity index (χ2v) is 5.53. The average molecular weight is 252 g/mol. The number of carboxylic acid groups (broad SMARTS) is 1. The van der Waals surface area contributed by atoms with Gasteiger partial charge in [0.15, 0.2) is 0 Å². The van der Waals surface area contributed by atoms with Crippen LogP contribution in [0, 0.1) is 5.92 Å². The number of carboxylic acids is 1. The second-order valence-electron chi connectivity index (χ2n) is 4.00. The summed E-state index contributed by atoms with van der Waals surface area (Å²) in [6.45, 7) is 5.41. The highest BCUT2D eigenvalue weighted by molar-refractivity contribution is 7.87. The zero-order valence-electron chi connectivity index (χ0n) is 9.86. The summed E-state index contributed by atoms with van der Waals surface area (Å²) in [5, 5.41) is 8.60. The Bertz CT molecular complexity index is 313. The molecule has 0 heterocycles. The molecule has 0 aromatic heterocycles. The Balaban J connectivity index is 4.15. The molecule has 0 fully saturated rings. The topological polar surface area (TPSA) is 95.5 Å². The molecule has 7 heteroatoms. The van der Waals surface area contributed by atoms with Crippen LogP contribution in [0.4, 0.5) is 0 Å². The first-order valence-electron chi connectivity index (χ1n) is 5.25. The fraction of sp³-hybridized carbons (Fsp3) is 0.889. The average Bonchev–Trinajstić information content (AvgIpc) is 2.09. The van der Waals surface area contributed by atoms with Crippen LogP contribution in [0.25, 0.3) is 0 Å². The van der Waals surface area contributed by atoms with Crippen LogP contribution >= 0.6 is 0 Å². The highest BCUT2D eigenvalue weighted by atomic mass is 32.2. The van der Waals surface area contributed by atoms with Crippen molar-refractivity contribution in [2.45, 2.75) is 39.7 Å². The lowest BCUT2D eigenvalue weighted by atomic mass is 10.0. The Kier molecular flexibility index (Phi) is 6.54. The van der Waals surface area contributed by atoms with Gasteiger partial charge in [-0.05, 0) is 19.8 Å². The third-order valence-electron chi connectivity index (χ3n) is 1.99. The van der Waals surface area contributed by atoms with Crippen LogP contribution in [-0.2, 0) is 15.0 Å². The van der Waals surface area contributed by atoms with Gasteiger partial charge in [-0.25, -0.2) is 4.72 Å². The van der Waals surface area contributed by atoms with E-state index in [9.17, 15) is 13.2 Å². The predicted octanol–water partition coefficient (Wildman–Crippen LogP) is 0.320. The summed E-state index contributed by atoms with van der Waals surface area (Å²) in [7, 11) is -3.51. The number of hydrogen-bond acceptors (Lipinski definition) is 3. The van der Waals surface area contributed by atoms with E-state index in [2.05, 4.69) is 9.44 Å². The highest BCUT2D eigenvalue weighted by Crippen LogP contribution is 2.06. The summed E-state index contributed by atoms with van der Waals surface area (Å²) in [5.74, 6) is -1.09. The number of aliphatic carboxylic acids is 1. The van der Waals surface area contributed by atoms with Crippen molar-refractivity contribution in [3.8, 4) is 0 Å². The van der Waals surface area contributed by atoms with E-state index in [0.29, 0.717) is 6.42 Å². The van der Waals surface area contributed by atoms with Crippen molar-refractivity contribution in [1.29, 1.82) is 0 Å². The minimum Gasteiger partial charge on any atom is -0.481 e. The largest absolute Gasteiger partial charge is 0.481 e. The Morgan fingerprint density at radius 3 is 2.31 bits per heavy atom. The quantitative estimate of drug-likeness (QED) is 0.579. The standard InChI is InChI=1S/C9H20N2O4S/c1-4-8(5-9(12)13)6-10-16(14,15)11-7(2)3/h7-8,10-11H,4-6H2,1-3H3,(H,12,13). The van der Waals surface area contributed by atoms with Gasteiger partial charge in [-0.15, -0.1) is 0 Å². The molecule has 0 saturated heterocycles. The predicted molar refractivity (Wildman–Crippen MR) is 61.2 cm³/mol. The summed E-state index contributed by atoms with van der Waals surface area (Å²) < 4.78 is 27.5. The van der Waals surface area contributed by atoms with Crippen LogP contribution in [0.2, 0.25) is 0 Å². The smallest absolute Gasteiger partial charge is 0.303 e. The van der Waals surface area contributed by atoms with Gasteiger partial charge in [0.05, 0.1) is 0 Å². The molecule has 0 aliphatic rings. The minimum atomic E-state index is -3.51. The van der Waals surface area contributed by atoms with Gasteiger partial charge in [-0.2, -0.15) is 13.1 Å². The highest BCUT2D eigenvalue weighted by Gasteiger charge is 2.16. The van der Waals surface area contributed by atoms with Crippen LogP contribution < -0.4 is 9.44 Å². The van der Waals surface area contributed by atoms with Crippen molar-refractivity contribution in [3.63, 3.8) is 0 Å². The first-order valence-corrected chi connectivity index (χ1v) is 6.73. The summed E-state index contributed by atoms with van der Waals surface area (Å²) in [4.78, 5) is 10.5. The zero-order valence-corrected chi connectivity index (χ0v) is 10.7. The fourth-order valence-corrected chi connectivity index (χ4v) is 2.35. The van der Waals surface area contributed by atoms with Crippen molar-refractivity contribution < 1.29 is 18.3 Å². The molecule has 96 valence electrons. The van der Waals surface area contributed by atoms with Gasteiger partial charge in [0.1, 0.15) is 0 Å². The molecule has 0 spiro atoms. The molecule has 0 aromatic rings. The molecule has 0 bridgehead atoms. The Hall–Kier alpha value is -0.660. The molecule has 1 unspecified atom stereocenters. The molecule has 0 rings (SSSR count). The summed E-state index contributed by atoms with van der Waals surface area (Å²) >= 11 is 0. The second kappa shape index (κ2) is 6.82. The molecule has 0 amide bonds. The minimum absolute atomic E-state index is 0.0271. The normalized spacial score (nSPS) is 14.0. The van der Waals surface area contributed by atoms with Crippen LogP contribution in [0.15, 0.2) is 0 Å². The first-order chi connectivity index (χ1) is 7.26. The van der Waals surface area contributed by atoms with E-state index in [1.807, 2.05) is 6.92 Å². The van der Waals surface area contributed by atoms with Crippen molar-refractivity contribution in [2.75, 3.05) is 6.54 Å². The van der Waals surface area contributed by atoms with Crippen LogP contribution in [0.5, 0.6) is 0 Å². The van der Waals surface area contributed by atoms with Gasteiger partial charge in [-0.3, -0.25) is 4.79 Å². The first kappa shape index (κ1) is 15.3. The maximum absolute atomic E-state index is 11.4. The van der Waals surface area contributed by atoms with E-state index in [4.69, 9.17) is 5.11 Å². The Morgan fingerprint density at radius 2 is 1.94 bits per heavy atom. The van der Waals surface area contributed by atoms with Gasteiger partial charge in [0.2, 0.25) is 0 Å². The van der Waals surface area contributed by atoms with Gasteiger partial charge >= 0.3 is 5.97 Å². The summed E-state index contributed by atoms with van der Waals surface area (Å²) in [5.41, 5.74) is 0. The van der Waals surface area contributed by atoms with E-state index >= 15 is 0 Å². The molecule has 0 saturated carbocycles. The molecule has 0 aliphatic carbocycles. The number of carbonyl (C=O) groups is 1. The third-order valence-corrected chi connectivity index (χ3v) is 3.32. The molecule has 6 nitrogen and oxygen atoms in total. The van der Waals surface area contributed by atoms with Crippen molar-refractivity contribution in [3.05, 3.63) is 0 Å². The maximum atomic E-state index is 11.4. The van der Waals surface area contributed by atoms with E-state index in [-0.39, 0.29) is 24.9 Å². The van der Waals surface area contributed by atoms with Gasteiger partial charge in [0.25, 0.3) is 10.2 Å². The summed E-state index contributed by atoms with van der Waals surface area (Å²) in [6.07, 6.45) is 0.594. The van der Waals surface area contributed by atoms with Crippen molar-refractivity contribution in [2.24, 2.45) is 5.92 Å². The monoisotopic (exact) mass is 252 g/mol. The van der Waals surface area contributed by atoms with E-state index in [0.717, 1.165) is 0 Å². The number of rotatable bonds is 8. The van der Waals surface area contributed by atoms with E-state index in [1.165, 1.54) is 0 Å². The molecular weight excluding hydrogens is 232 g/mol. The molecule has 0 aliphatic heterocycles. The molecule has 16 heavy (non-hydrogen) atoms. The van der Waals surface area contributed by atoms with E-state index < -0.39 is 16.2 Å². The van der Waals surface area contributed by atoms with Gasteiger partial charge in [0, 0.05) is 19.0 Å². The van der Waals surface area contributed by atoms with Crippen LogP contribution in [0.3, 0.4) is 0 Å². The lowest BCUT2D eigenvalue weighted by Gasteiger charge is -2.15. The van der Waals surface area contributed by atoms with Crippen molar-refractivity contribution >= 4 is 16.2 Å². The third kappa shape index (κ3) is 7.61. The fourth-order valence-electron chi connectivity index (χ4n) is 1.19. The number of hydrogen-bond donors (Lipinski definition) is 3. The summed E-state index contributed by atoms with van der Waals surface area (Å²) in [6, 6.07) is -0.183.